The summed E-state index contributed by atoms with van der Waals surface area (Å²) in [5, 5.41) is 12.3. The maximum atomic E-state index is 11.4. The maximum Gasteiger partial charge on any atom is 0.326 e. The Labute approximate surface area is 110 Å². The average molecular weight is 257 g/mol. The quantitative estimate of drug-likeness (QED) is 0.558. The van der Waals surface area contributed by atoms with E-state index in [4.69, 9.17) is 4.74 Å². The van der Waals surface area contributed by atoms with E-state index in [1.54, 1.807) is 7.05 Å². The van der Waals surface area contributed by atoms with Gasteiger partial charge in [0.25, 0.3) is 0 Å². The van der Waals surface area contributed by atoms with Crippen LogP contribution in [0.1, 0.15) is 51.9 Å². The minimum absolute atomic E-state index is 0.236. The monoisotopic (exact) mass is 257 g/mol. The lowest BCUT2D eigenvalue weighted by Crippen LogP contribution is -2.56. The second kappa shape index (κ2) is 7.74. The predicted molar refractivity (Wildman–Crippen MR) is 71.7 cm³/mol. The molecule has 1 rings (SSSR count). The summed E-state index contributed by atoms with van der Waals surface area (Å²) in [7, 11) is 1.72. The van der Waals surface area contributed by atoms with Crippen LogP contribution in [0.25, 0.3) is 0 Å². The molecule has 0 spiro atoms. The molecule has 1 atom stereocenters. The lowest BCUT2D eigenvalue weighted by molar-refractivity contribution is -0.148. The van der Waals surface area contributed by atoms with Crippen molar-refractivity contribution in [2.45, 2.75) is 57.4 Å². The summed E-state index contributed by atoms with van der Waals surface area (Å²) in [5.41, 5.74) is -0.858. The molecule has 0 aromatic rings. The zero-order valence-corrected chi connectivity index (χ0v) is 11.7. The fourth-order valence-electron chi connectivity index (χ4n) is 2.35. The van der Waals surface area contributed by atoms with Gasteiger partial charge in [0.2, 0.25) is 0 Å². The van der Waals surface area contributed by atoms with Crippen molar-refractivity contribution < 1.29 is 14.6 Å². The molecule has 0 saturated heterocycles. The van der Waals surface area contributed by atoms with Gasteiger partial charge in [0.1, 0.15) is 5.54 Å². The Balaban J connectivity index is 2.20. The Morgan fingerprint density at radius 3 is 2.50 bits per heavy atom. The zero-order valence-electron chi connectivity index (χ0n) is 11.7. The van der Waals surface area contributed by atoms with Gasteiger partial charge >= 0.3 is 5.97 Å². The Morgan fingerprint density at radius 1 is 1.33 bits per heavy atom. The van der Waals surface area contributed by atoms with Gasteiger partial charge in [0, 0.05) is 6.61 Å². The van der Waals surface area contributed by atoms with Crippen molar-refractivity contribution in [2.75, 3.05) is 20.3 Å². The van der Waals surface area contributed by atoms with Gasteiger partial charge in [-0.05, 0) is 32.2 Å². The number of carbonyl (C=O) groups is 1. The van der Waals surface area contributed by atoms with E-state index in [1.807, 2.05) is 0 Å². The van der Waals surface area contributed by atoms with E-state index < -0.39 is 11.5 Å². The van der Waals surface area contributed by atoms with Crippen LogP contribution in [0, 0.1) is 5.92 Å². The lowest BCUT2D eigenvalue weighted by atomic mass is 9.94. The van der Waals surface area contributed by atoms with Crippen molar-refractivity contribution in [3.8, 4) is 0 Å². The van der Waals surface area contributed by atoms with Gasteiger partial charge in [0.05, 0.1) is 6.61 Å². The highest BCUT2D eigenvalue weighted by atomic mass is 16.5. The molecule has 4 nitrogen and oxygen atoms in total. The number of hydrogen-bond donors (Lipinski definition) is 2. The topological polar surface area (TPSA) is 58.6 Å². The Morgan fingerprint density at radius 2 is 2.00 bits per heavy atom. The zero-order chi connectivity index (χ0) is 13.4. The summed E-state index contributed by atoms with van der Waals surface area (Å²) in [6.07, 6.45) is 7.96. The van der Waals surface area contributed by atoms with E-state index in [0.29, 0.717) is 6.61 Å². The first-order valence-electron chi connectivity index (χ1n) is 7.17. The molecule has 1 aliphatic rings. The Bertz CT molecular complexity index is 253. The van der Waals surface area contributed by atoms with E-state index in [2.05, 4.69) is 12.2 Å². The number of carboxylic acids is 1. The first-order valence-corrected chi connectivity index (χ1v) is 7.17. The lowest BCUT2D eigenvalue weighted by Gasteiger charge is -2.28. The van der Waals surface area contributed by atoms with E-state index >= 15 is 0 Å². The largest absolute Gasteiger partial charge is 0.480 e. The Hall–Kier alpha value is -0.610. The van der Waals surface area contributed by atoms with Crippen LogP contribution in [0.4, 0.5) is 0 Å². The highest BCUT2D eigenvalue weighted by Gasteiger charge is 2.50. The van der Waals surface area contributed by atoms with Gasteiger partial charge in [0.15, 0.2) is 0 Å². The van der Waals surface area contributed by atoms with Gasteiger partial charge in [-0.15, -0.1) is 0 Å². The molecule has 0 aromatic carbocycles. The van der Waals surface area contributed by atoms with Gasteiger partial charge in [-0.3, -0.25) is 4.79 Å². The van der Waals surface area contributed by atoms with Crippen LogP contribution >= 0.6 is 0 Å². The third kappa shape index (κ3) is 4.25. The highest BCUT2D eigenvalue weighted by Crippen LogP contribution is 2.40. The van der Waals surface area contributed by atoms with Crippen LogP contribution in [0.2, 0.25) is 0 Å². The minimum Gasteiger partial charge on any atom is -0.480 e. The number of unbranched alkanes of at least 4 members (excludes halogenated alkanes) is 4. The number of aliphatic carboxylic acids is 1. The van der Waals surface area contributed by atoms with E-state index in [1.165, 1.54) is 25.7 Å². The molecule has 2 N–H and O–H groups in total. The molecular formula is C14H27NO3. The van der Waals surface area contributed by atoms with Crippen LogP contribution < -0.4 is 5.32 Å². The van der Waals surface area contributed by atoms with Crippen LogP contribution in [-0.2, 0) is 9.53 Å². The summed E-state index contributed by atoms with van der Waals surface area (Å²) >= 11 is 0. The van der Waals surface area contributed by atoms with Crippen molar-refractivity contribution in [1.82, 2.24) is 5.32 Å². The van der Waals surface area contributed by atoms with Gasteiger partial charge in [-0.2, -0.15) is 0 Å². The fourth-order valence-corrected chi connectivity index (χ4v) is 2.35. The number of rotatable bonds is 11. The summed E-state index contributed by atoms with van der Waals surface area (Å²) in [5.74, 6) is -0.543. The molecule has 0 bridgehead atoms. The molecular weight excluding hydrogens is 230 g/mol. The Kier molecular flexibility index (Phi) is 6.65. The molecule has 0 heterocycles. The van der Waals surface area contributed by atoms with Crippen molar-refractivity contribution in [2.24, 2.45) is 5.92 Å². The summed E-state index contributed by atoms with van der Waals surface area (Å²) < 4.78 is 5.59. The number of nitrogens with one attached hydrogen (secondary N) is 1. The summed E-state index contributed by atoms with van der Waals surface area (Å²) in [6, 6.07) is 0. The number of likely N-dealkylation sites (N-methyl/N-ethyl adjacent to an activating group) is 1. The third-order valence-corrected chi connectivity index (χ3v) is 3.82. The number of carboxylic acid groups (broad SMARTS) is 1. The summed E-state index contributed by atoms with van der Waals surface area (Å²) in [4.78, 5) is 11.4. The second-order valence-corrected chi connectivity index (χ2v) is 5.27. The first-order chi connectivity index (χ1) is 8.67. The molecule has 1 saturated carbocycles. The maximum absolute atomic E-state index is 11.4. The SMILES string of the molecule is CCCCCCCOCC(NC)(C(=O)O)C1CC1. The molecule has 0 radical (unpaired) electrons. The van der Waals surface area contributed by atoms with Crippen LogP contribution in [0.5, 0.6) is 0 Å². The highest BCUT2D eigenvalue weighted by molar-refractivity contribution is 5.80. The van der Waals surface area contributed by atoms with Gasteiger partial charge in [-0.25, -0.2) is 0 Å². The smallest absolute Gasteiger partial charge is 0.326 e. The van der Waals surface area contributed by atoms with E-state index in [9.17, 15) is 9.90 Å². The minimum atomic E-state index is -0.858. The third-order valence-electron chi connectivity index (χ3n) is 3.82. The van der Waals surface area contributed by atoms with Crippen molar-refractivity contribution >= 4 is 5.97 Å². The predicted octanol–water partition coefficient (Wildman–Crippen LogP) is 2.43. The van der Waals surface area contributed by atoms with Crippen molar-refractivity contribution in [3.63, 3.8) is 0 Å². The van der Waals surface area contributed by atoms with Crippen LogP contribution in [-0.4, -0.2) is 36.9 Å². The molecule has 0 aliphatic heterocycles. The molecule has 0 aromatic heterocycles. The van der Waals surface area contributed by atoms with Crippen molar-refractivity contribution in [1.29, 1.82) is 0 Å². The van der Waals surface area contributed by atoms with Crippen LogP contribution in [0.3, 0.4) is 0 Å². The molecule has 1 unspecified atom stereocenters. The molecule has 106 valence electrons. The van der Waals surface area contributed by atoms with Gasteiger partial charge in [-0.1, -0.05) is 32.6 Å². The van der Waals surface area contributed by atoms with Gasteiger partial charge < -0.3 is 15.2 Å². The number of hydrogen-bond acceptors (Lipinski definition) is 3. The van der Waals surface area contributed by atoms with Crippen molar-refractivity contribution in [3.05, 3.63) is 0 Å². The number of ether oxygens (including phenoxy) is 1. The molecule has 1 fully saturated rings. The van der Waals surface area contributed by atoms with E-state index in [-0.39, 0.29) is 12.5 Å². The second-order valence-electron chi connectivity index (χ2n) is 5.27. The molecule has 18 heavy (non-hydrogen) atoms. The average Bonchev–Trinajstić information content (AvgIpc) is 3.17. The molecule has 0 amide bonds. The molecule has 4 heteroatoms. The standard InChI is InChI=1S/C14H27NO3/c1-3-4-5-6-7-10-18-11-14(15-2,13(16)17)12-8-9-12/h12,15H,3-11H2,1-2H3,(H,16,17). The summed E-state index contributed by atoms with van der Waals surface area (Å²) in [6.45, 7) is 3.16. The van der Waals surface area contributed by atoms with E-state index in [0.717, 1.165) is 19.3 Å². The normalized spacial score (nSPS) is 18.6. The fraction of sp³-hybridized carbons (Fsp3) is 0.929. The molecule has 1 aliphatic carbocycles. The van der Waals surface area contributed by atoms with Crippen LogP contribution in [0.15, 0.2) is 0 Å². The first kappa shape index (κ1) is 15.4.